The SMILES string of the molecule is CCCCc1ccc(-n2nnnc2SCC(=O)c2c(N)n(C)c(=O)n(C)c2=O)cc1. The molecule has 158 valence electrons. The molecule has 3 rings (SSSR count). The summed E-state index contributed by atoms with van der Waals surface area (Å²) in [5, 5.41) is 12.1. The lowest BCUT2D eigenvalue weighted by molar-refractivity contribution is 0.102. The first-order valence-corrected chi connectivity index (χ1v) is 10.4. The fraction of sp³-hybridized carbons (Fsp3) is 0.368. The number of hydrogen-bond donors (Lipinski definition) is 1. The first-order chi connectivity index (χ1) is 14.3. The van der Waals surface area contributed by atoms with E-state index in [-0.39, 0.29) is 17.1 Å². The van der Waals surface area contributed by atoms with Crippen molar-refractivity contribution in [1.82, 2.24) is 29.3 Å². The Morgan fingerprint density at radius 2 is 1.83 bits per heavy atom. The standard InChI is InChI=1S/C19H23N7O3S/c1-4-5-6-12-7-9-13(10-8-12)26-18(21-22-23-26)30-11-14(27)15-16(20)24(2)19(29)25(3)17(15)28/h7-10H,4-6,11,20H2,1-3H3. The number of hydrogen-bond acceptors (Lipinski definition) is 8. The zero-order valence-corrected chi connectivity index (χ0v) is 17.8. The number of nitrogens with zero attached hydrogens (tertiary/aromatic N) is 6. The van der Waals surface area contributed by atoms with Crippen molar-refractivity contribution in [1.29, 1.82) is 0 Å². The van der Waals surface area contributed by atoms with Gasteiger partial charge in [0, 0.05) is 14.1 Å². The summed E-state index contributed by atoms with van der Waals surface area (Å²) in [5.74, 6) is -0.763. The average molecular weight is 430 g/mol. The molecule has 0 fully saturated rings. The Morgan fingerprint density at radius 3 is 2.50 bits per heavy atom. The first-order valence-electron chi connectivity index (χ1n) is 9.44. The minimum Gasteiger partial charge on any atom is -0.384 e. The van der Waals surface area contributed by atoms with Crippen LogP contribution < -0.4 is 17.0 Å². The smallest absolute Gasteiger partial charge is 0.332 e. The van der Waals surface area contributed by atoms with Crippen molar-refractivity contribution >= 4 is 23.4 Å². The fourth-order valence-corrected chi connectivity index (χ4v) is 3.70. The molecule has 11 heteroatoms. The van der Waals surface area contributed by atoms with Gasteiger partial charge in [-0.1, -0.05) is 37.2 Å². The molecule has 2 aromatic heterocycles. The third kappa shape index (κ3) is 4.20. The Balaban J connectivity index is 1.79. The summed E-state index contributed by atoms with van der Waals surface area (Å²) in [6, 6.07) is 7.91. The van der Waals surface area contributed by atoms with Gasteiger partial charge in [0.25, 0.3) is 5.56 Å². The Hall–Kier alpha value is -3.21. The van der Waals surface area contributed by atoms with Crippen molar-refractivity contribution in [2.45, 2.75) is 31.3 Å². The van der Waals surface area contributed by atoms with Gasteiger partial charge in [-0.05, 0) is 41.0 Å². The molecular weight excluding hydrogens is 406 g/mol. The maximum Gasteiger partial charge on any atom is 0.332 e. The van der Waals surface area contributed by atoms with Crippen LogP contribution in [0.25, 0.3) is 5.69 Å². The number of nitrogen functional groups attached to an aromatic ring is 1. The largest absolute Gasteiger partial charge is 0.384 e. The molecule has 0 radical (unpaired) electrons. The number of unbranched alkanes of at least 4 members (excludes halogenated alkanes) is 1. The van der Waals surface area contributed by atoms with Crippen molar-refractivity contribution in [3.8, 4) is 5.69 Å². The van der Waals surface area contributed by atoms with E-state index in [1.165, 1.54) is 24.3 Å². The second-order valence-corrected chi connectivity index (χ2v) is 7.76. The number of aromatic nitrogens is 6. The second kappa shape index (κ2) is 9.08. The van der Waals surface area contributed by atoms with E-state index in [1.807, 2.05) is 24.3 Å². The monoisotopic (exact) mass is 429 g/mol. The van der Waals surface area contributed by atoms with Gasteiger partial charge in [0.05, 0.1) is 11.4 Å². The molecule has 0 saturated heterocycles. The molecule has 3 aromatic rings. The van der Waals surface area contributed by atoms with Gasteiger partial charge in [0.2, 0.25) is 5.16 Å². The third-order valence-electron chi connectivity index (χ3n) is 4.76. The van der Waals surface area contributed by atoms with Crippen molar-refractivity contribution in [2.24, 2.45) is 14.1 Å². The van der Waals surface area contributed by atoms with Crippen molar-refractivity contribution in [3.63, 3.8) is 0 Å². The van der Waals surface area contributed by atoms with E-state index in [1.54, 1.807) is 0 Å². The summed E-state index contributed by atoms with van der Waals surface area (Å²) in [4.78, 5) is 37.0. The third-order valence-corrected chi connectivity index (χ3v) is 5.68. The zero-order valence-electron chi connectivity index (χ0n) is 17.0. The highest BCUT2D eigenvalue weighted by Gasteiger charge is 2.21. The lowest BCUT2D eigenvalue weighted by Crippen LogP contribution is -2.41. The normalized spacial score (nSPS) is 11.0. The van der Waals surface area contributed by atoms with Gasteiger partial charge in [-0.25, -0.2) is 4.79 Å². The van der Waals surface area contributed by atoms with E-state index in [2.05, 4.69) is 22.4 Å². The number of anilines is 1. The number of thioether (sulfide) groups is 1. The number of rotatable bonds is 8. The molecule has 0 bridgehead atoms. The van der Waals surface area contributed by atoms with Crippen LogP contribution in [0.4, 0.5) is 5.82 Å². The van der Waals surface area contributed by atoms with Crippen molar-refractivity contribution in [3.05, 3.63) is 56.2 Å². The average Bonchev–Trinajstić information content (AvgIpc) is 3.22. The molecular formula is C19H23N7O3S. The maximum atomic E-state index is 12.7. The Bertz CT molecular complexity index is 1180. The zero-order chi connectivity index (χ0) is 21.8. The molecule has 1 aromatic carbocycles. The lowest BCUT2D eigenvalue weighted by Gasteiger charge is -2.10. The van der Waals surface area contributed by atoms with Crippen molar-refractivity contribution in [2.75, 3.05) is 11.5 Å². The molecule has 0 saturated carbocycles. The number of Topliss-reactive ketones (excluding diaryl/α,β-unsaturated/α-hetero) is 1. The van der Waals surface area contributed by atoms with Gasteiger partial charge in [-0.15, -0.1) is 5.10 Å². The Labute approximate surface area is 176 Å². The van der Waals surface area contributed by atoms with Crippen LogP contribution >= 0.6 is 11.8 Å². The van der Waals surface area contributed by atoms with Crippen LogP contribution in [0.5, 0.6) is 0 Å². The summed E-state index contributed by atoms with van der Waals surface area (Å²) in [6.07, 6.45) is 3.27. The van der Waals surface area contributed by atoms with Gasteiger partial charge in [-0.2, -0.15) is 4.68 Å². The van der Waals surface area contributed by atoms with E-state index in [0.717, 1.165) is 45.8 Å². The minimum atomic E-state index is -0.719. The molecule has 30 heavy (non-hydrogen) atoms. The molecule has 10 nitrogen and oxygen atoms in total. The number of aryl methyl sites for hydroxylation is 1. The van der Waals surface area contributed by atoms with E-state index in [9.17, 15) is 14.4 Å². The van der Waals surface area contributed by atoms with Crippen LogP contribution in [0, 0.1) is 0 Å². The Kier molecular flexibility index (Phi) is 6.50. The van der Waals surface area contributed by atoms with E-state index >= 15 is 0 Å². The molecule has 2 heterocycles. The van der Waals surface area contributed by atoms with Gasteiger partial charge < -0.3 is 5.73 Å². The van der Waals surface area contributed by atoms with E-state index < -0.39 is 17.0 Å². The molecule has 0 amide bonds. The number of carbonyl (C=O) groups excluding carboxylic acids is 1. The van der Waals surface area contributed by atoms with Crippen LogP contribution in [-0.4, -0.2) is 40.9 Å². The highest BCUT2D eigenvalue weighted by Crippen LogP contribution is 2.20. The lowest BCUT2D eigenvalue weighted by atomic mass is 10.1. The molecule has 2 N–H and O–H groups in total. The van der Waals surface area contributed by atoms with Crippen LogP contribution in [0.15, 0.2) is 39.0 Å². The van der Waals surface area contributed by atoms with E-state index in [4.69, 9.17) is 5.73 Å². The van der Waals surface area contributed by atoms with Crippen LogP contribution in [0.1, 0.15) is 35.7 Å². The first kappa shape index (κ1) is 21.5. The number of benzene rings is 1. The maximum absolute atomic E-state index is 12.7. The molecule has 0 aliphatic rings. The summed E-state index contributed by atoms with van der Waals surface area (Å²) >= 11 is 1.09. The summed E-state index contributed by atoms with van der Waals surface area (Å²) in [7, 11) is 2.71. The summed E-state index contributed by atoms with van der Waals surface area (Å²) in [5.41, 5.74) is 6.33. The highest BCUT2D eigenvalue weighted by molar-refractivity contribution is 7.99. The quantitative estimate of drug-likeness (QED) is 0.414. The second-order valence-electron chi connectivity index (χ2n) is 6.82. The topological polar surface area (TPSA) is 131 Å². The predicted octanol–water partition coefficient (Wildman–Crippen LogP) is 0.960. The van der Waals surface area contributed by atoms with Crippen LogP contribution in [0.3, 0.4) is 0 Å². The van der Waals surface area contributed by atoms with Crippen molar-refractivity contribution < 1.29 is 4.79 Å². The molecule has 0 atom stereocenters. The number of nitrogens with two attached hydrogens (primary N) is 1. The van der Waals surface area contributed by atoms with Crippen LogP contribution in [-0.2, 0) is 20.5 Å². The van der Waals surface area contributed by atoms with Gasteiger partial charge in [0.15, 0.2) is 5.78 Å². The number of carbonyl (C=O) groups is 1. The fourth-order valence-electron chi connectivity index (χ4n) is 2.94. The molecule has 0 aliphatic heterocycles. The van der Waals surface area contributed by atoms with Crippen LogP contribution in [0.2, 0.25) is 0 Å². The van der Waals surface area contributed by atoms with Gasteiger partial charge in [-0.3, -0.25) is 18.7 Å². The predicted molar refractivity (Wildman–Crippen MR) is 114 cm³/mol. The number of ketones is 1. The van der Waals surface area contributed by atoms with E-state index in [0.29, 0.717) is 5.16 Å². The van der Waals surface area contributed by atoms with Gasteiger partial charge >= 0.3 is 5.69 Å². The Morgan fingerprint density at radius 1 is 1.13 bits per heavy atom. The molecule has 0 spiro atoms. The highest BCUT2D eigenvalue weighted by atomic mass is 32.2. The molecule has 0 aliphatic carbocycles. The summed E-state index contributed by atoms with van der Waals surface area (Å²) in [6.45, 7) is 2.15. The molecule has 0 unspecified atom stereocenters. The minimum absolute atomic E-state index is 0.105. The summed E-state index contributed by atoms with van der Waals surface area (Å²) < 4.78 is 3.46. The number of tetrazole rings is 1. The van der Waals surface area contributed by atoms with Gasteiger partial charge in [0.1, 0.15) is 11.4 Å².